The molecular weight excluding hydrogens is 339 g/mol. The molecule has 1 amide bonds. The molecule has 3 rings (SSSR count). The number of thioether (sulfide) groups is 1. The molecule has 0 spiro atoms. The van der Waals surface area contributed by atoms with Crippen molar-refractivity contribution in [3.8, 4) is 0 Å². The molecule has 0 unspecified atom stereocenters. The lowest BCUT2D eigenvalue weighted by molar-refractivity contribution is -0.125. The summed E-state index contributed by atoms with van der Waals surface area (Å²) in [5, 5.41) is 6.81. The van der Waals surface area contributed by atoms with Crippen LogP contribution in [0.4, 0.5) is 10.1 Å². The standard InChI is InChI=1S/C19H17FN2O2S/c1-2-10-25-18-9-4-3-8-15(18)21-19(23)17-12-16(22-24-17)13-6-5-7-14(20)11-13/h2-9,11,17H,1,10,12H2,(H,21,23)/t17-/m1/s1. The van der Waals surface area contributed by atoms with Crippen LogP contribution in [0.1, 0.15) is 12.0 Å². The van der Waals surface area contributed by atoms with E-state index in [1.807, 2.05) is 30.3 Å². The lowest BCUT2D eigenvalue weighted by Crippen LogP contribution is -2.28. The molecule has 0 saturated carbocycles. The quantitative estimate of drug-likeness (QED) is 0.622. The zero-order valence-corrected chi connectivity index (χ0v) is 14.3. The van der Waals surface area contributed by atoms with E-state index in [2.05, 4.69) is 17.1 Å². The number of carbonyl (C=O) groups is 1. The normalized spacial score (nSPS) is 16.0. The fourth-order valence-electron chi connectivity index (χ4n) is 2.41. The number of nitrogens with zero attached hydrogens (tertiary/aromatic N) is 1. The molecule has 0 radical (unpaired) electrons. The molecule has 1 aliphatic heterocycles. The predicted octanol–water partition coefficient (Wildman–Crippen LogP) is 4.24. The Hall–Kier alpha value is -2.60. The van der Waals surface area contributed by atoms with E-state index in [4.69, 9.17) is 4.84 Å². The SMILES string of the molecule is C=CCSc1ccccc1NC(=O)[C@H]1CC(c2cccc(F)c2)=NO1. The molecule has 4 nitrogen and oxygen atoms in total. The fourth-order valence-corrected chi connectivity index (χ4v) is 3.16. The third-order valence-corrected chi connectivity index (χ3v) is 4.69. The maximum atomic E-state index is 13.3. The Morgan fingerprint density at radius 1 is 1.36 bits per heavy atom. The van der Waals surface area contributed by atoms with Gasteiger partial charge in [0, 0.05) is 22.6 Å². The molecule has 128 valence electrons. The maximum absolute atomic E-state index is 13.3. The third kappa shape index (κ3) is 4.28. The Labute approximate surface area is 149 Å². The van der Waals surface area contributed by atoms with E-state index in [0.29, 0.717) is 17.7 Å². The first-order valence-corrected chi connectivity index (χ1v) is 8.78. The summed E-state index contributed by atoms with van der Waals surface area (Å²) in [5.41, 5.74) is 1.91. The number of nitrogens with one attached hydrogen (secondary N) is 1. The fraction of sp³-hybridized carbons (Fsp3) is 0.158. The van der Waals surface area contributed by atoms with Crippen LogP contribution in [0.15, 0.2) is 71.2 Å². The average molecular weight is 356 g/mol. The van der Waals surface area contributed by atoms with Crippen molar-refractivity contribution in [1.29, 1.82) is 0 Å². The number of amides is 1. The van der Waals surface area contributed by atoms with Crippen molar-refractivity contribution in [3.63, 3.8) is 0 Å². The summed E-state index contributed by atoms with van der Waals surface area (Å²) in [6.07, 6.45) is 1.38. The summed E-state index contributed by atoms with van der Waals surface area (Å²) in [5.74, 6) is 0.127. The average Bonchev–Trinajstić information content (AvgIpc) is 3.11. The maximum Gasteiger partial charge on any atom is 0.268 e. The van der Waals surface area contributed by atoms with Gasteiger partial charge in [-0.3, -0.25) is 4.79 Å². The highest BCUT2D eigenvalue weighted by Crippen LogP contribution is 2.28. The molecule has 0 aromatic heterocycles. The van der Waals surface area contributed by atoms with Gasteiger partial charge < -0.3 is 10.2 Å². The number of hydrogen-bond donors (Lipinski definition) is 1. The Bertz CT molecular complexity index is 823. The van der Waals surface area contributed by atoms with Crippen LogP contribution in [-0.2, 0) is 9.63 Å². The Morgan fingerprint density at radius 3 is 3.00 bits per heavy atom. The molecule has 2 aromatic rings. The number of benzene rings is 2. The highest BCUT2D eigenvalue weighted by molar-refractivity contribution is 7.99. The van der Waals surface area contributed by atoms with Crippen molar-refractivity contribution in [3.05, 3.63) is 72.6 Å². The highest BCUT2D eigenvalue weighted by atomic mass is 32.2. The number of rotatable bonds is 6. The summed E-state index contributed by atoms with van der Waals surface area (Å²) in [7, 11) is 0. The van der Waals surface area contributed by atoms with E-state index in [1.54, 1.807) is 23.9 Å². The van der Waals surface area contributed by atoms with Gasteiger partial charge in [-0.05, 0) is 24.3 Å². The first-order chi connectivity index (χ1) is 12.2. The van der Waals surface area contributed by atoms with E-state index in [1.165, 1.54) is 12.1 Å². The third-order valence-electron chi connectivity index (χ3n) is 3.62. The summed E-state index contributed by atoms with van der Waals surface area (Å²) < 4.78 is 13.3. The second kappa shape index (κ2) is 7.98. The minimum atomic E-state index is -0.726. The van der Waals surface area contributed by atoms with Crippen molar-refractivity contribution in [2.45, 2.75) is 17.4 Å². The Kier molecular flexibility index (Phi) is 5.50. The van der Waals surface area contributed by atoms with E-state index < -0.39 is 6.10 Å². The van der Waals surface area contributed by atoms with Crippen LogP contribution < -0.4 is 5.32 Å². The topological polar surface area (TPSA) is 50.7 Å². The summed E-state index contributed by atoms with van der Waals surface area (Å²) in [6, 6.07) is 13.6. The molecule has 2 aromatic carbocycles. The number of carbonyl (C=O) groups excluding carboxylic acids is 1. The molecule has 0 aliphatic carbocycles. The second-order valence-electron chi connectivity index (χ2n) is 5.43. The van der Waals surface area contributed by atoms with E-state index in [0.717, 1.165) is 16.3 Å². The van der Waals surface area contributed by atoms with Crippen LogP contribution in [0.25, 0.3) is 0 Å². The van der Waals surface area contributed by atoms with Crippen LogP contribution in [0.5, 0.6) is 0 Å². The van der Waals surface area contributed by atoms with Crippen LogP contribution in [0.3, 0.4) is 0 Å². The number of oxime groups is 1. The first kappa shape index (κ1) is 17.2. The molecule has 1 atom stereocenters. The van der Waals surface area contributed by atoms with E-state index >= 15 is 0 Å². The Morgan fingerprint density at radius 2 is 2.20 bits per heavy atom. The monoisotopic (exact) mass is 356 g/mol. The lowest BCUT2D eigenvalue weighted by Gasteiger charge is -2.12. The number of hydrogen-bond acceptors (Lipinski definition) is 4. The van der Waals surface area contributed by atoms with Crippen molar-refractivity contribution in [1.82, 2.24) is 0 Å². The van der Waals surface area contributed by atoms with Gasteiger partial charge in [-0.15, -0.1) is 18.3 Å². The van der Waals surface area contributed by atoms with Gasteiger partial charge in [0.25, 0.3) is 5.91 Å². The van der Waals surface area contributed by atoms with Crippen molar-refractivity contribution in [2.24, 2.45) is 5.16 Å². The van der Waals surface area contributed by atoms with Crippen LogP contribution in [-0.4, -0.2) is 23.5 Å². The van der Waals surface area contributed by atoms with Crippen molar-refractivity contribution in [2.75, 3.05) is 11.1 Å². The molecule has 0 saturated heterocycles. The molecule has 0 fully saturated rings. The molecule has 0 bridgehead atoms. The molecule has 6 heteroatoms. The van der Waals surface area contributed by atoms with Crippen molar-refractivity contribution >= 4 is 29.1 Å². The van der Waals surface area contributed by atoms with Gasteiger partial charge in [0.2, 0.25) is 6.10 Å². The molecular formula is C19H17FN2O2S. The first-order valence-electron chi connectivity index (χ1n) is 7.79. The molecule has 25 heavy (non-hydrogen) atoms. The van der Waals surface area contributed by atoms with E-state index in [9.17, 15) is 9.18 Å². The minimum Gasteiger partial charge on any atom is -0.382 e. The molecule has 1 aliphatic rings. The van der Waals surface area contributed by atoms with Crippen LogP contribution >= 0.6 is 11.8 Å². The van der Waals surface area contributed by atoms with Gasteiger partial charge >= 0.3 is 0 Å². The zero-order valence-electron chi connectivity index (χ0n) is 13.4. The van der Waals surface area contributed by atoms with Gasteiger partial charge in [-0.2, -0.15) is 0 Å². The van der Waals surface area contributed by atoms with Crippen molar-refractivity contribution < 1.29 is 14.0 Å². The summed E-state index contributed by atoms with van der Waals surface area (Å²) >= 11 is 1.59. The van der Waals surface area contributed by atoms with E-state index in [-0.39, 0.29) is 11.7 Å². The summed E-state index contributed by atoms with van der Waals surface area (Å²) in [4.78, 5) is 18.7. The Balaban J connectivity index is 1.65. The predicted molar refractivity (Wildman–Crippen MR) is 98.4 cm³/mol. The zero-order chi connectivity index (χ0) is 17.6. The lowest BCUT2D eigenvalue weighted by atomic mass is 10.0. The number of anilines is 1. The summed E-state index contributed by atoms with van der Waals surface area (Å²) in [6.45, 7) is 3.70. The van der Waals surface area contributed by atoms with Crippen LogP contribution in [0.2, 0.25) is 0 Å². The molecule has 1 heterocycles. The highest BCUT2D eigenvalue weighted by Gasteiger charge is 2.29. The largest absolute Gasteiger partial charge is 0.382 e. The van der Waals surface area contributed by atoms with Gasteiger partial charge in [-0.1, -0.05) is 35.5 Å². The smallest absolute Gasteiger partial charge is 0.268 e. The second-order valence-corrected chi connectivity index (χ2v) is 6.49. The number of halogens is 1. The van der Waals surface area contributed by atoms with Gasteiger partial charge in [0.05, 0.1) is 11.4 Å². The van der Waals surface area contributed by atoms with Gasteiger partial charge in [0.1, 0.15) is 5.82 Å². The van der Waals surface area contributed by atoms with Gasteiger partial charge in [0.15, 0.2) is 0 Å². The minimum absolute atomic E-state index is 0.276. The van der Waals surface area contributed by atoms with Crippen LogP contribution in [0, 0.1) is 5.82 Å². The van der Waals surface area contributed by atoms with Gasteiger partial charge in [-0.25, -0.2) is 4.39 Å². The molecule has 1 N–H and O–H groups in total. The number of para-hydroxylation sites is 1.